The Hall–Kier alpha value is -2.23. The third-order valence-electron chi connectivity index (χ3n) is 1.87. The van der Waals surface area contributed by atoms with Crippen LogP contribution in [0.4, 0.5) is 0 Å². The number of nitrogens with two attached hydrogens (primary N) is 1. The maximum absolute atomic E-state index is 11.3. The number of benzene rings is 1. The number of carboxylic acids is 1. The van der Waals surface area contributed by atoms with Gasteiger partial charge in [0.05, 0.1) is 4.90 Å². The van der Waals surface area contributed by atoms with Gasteiger partial charge in [-0.1, -0.05) is 0 Å². The van der Waals surface area contributed by atoms with E-state index in [9.17, 15) is 18.0 Å². The average Bonchev–Trinajstić information content (AvgIpc) is 2.37. The fourth-order valence-corrected chi connectivity index (χ4v) is 1.67. The number of hydrogen-bond acceptors (Lipinski definition) is 6. The Labute approximate surface area is 108 Å². The number of ether oxygens (including phenoxy) is 1. The normalized spacial score (nSPS) is 11.4. The van der Waals surface area contributed by atoms with Crippen molar-refractivity contribution >= 4 is 22.0 Å². The van der Waals surface area contributed by atoms with Gasteiger partial charge in [-0.25, -0.2) is 18.0 Å². The van der Waals surface area contributed by atoms with E-state index >= 15 is 0 Å². The van der Waals surface area contributed by atoms with Crippen molar-refractivity contribution in [2.75, 3.05) is 0 Å². The number of nitrogens with one attached hydrogen (secondary N) is 1. The zero-order valence-electron chi connectivity index (χ0n) is 9.44. The summed E-state index contributed by atoms with van der Waals surface area (Å²) in [5.41, 5.74) is 0. The lowest BCUT2D eigenvalue weighted by atomic mass is 10.3. The van der Waals surface area contributed by atoms with Crippen LogP contribution in [0.2, 0.25) is 0 Å². The molecule has 0 amide bonds. The minimum Gasteiger partial charge on any atom is -0.478 e. The molecule has 0 spiro atoms. The monoisotopic (exact) mass is 286 g/mol. The molecular weight excluding hydrogens is 276 g/mol. The first-order valence-corrected chi connectivity index (χ1v) is 6.29. The van der Waals surface area contributed by atoms with E-state index in [0.717, 1.165) is 6.08 Å². The van der Waals surface area contributed by atoms with E-state index in [4.69, 9.17) is 15.7 Å². The van der Waals surface area contributed by atoms with Crippen LogP contribution in [0.5, 0.6) is 5.75 Å². The summed E-state index contributed by atoms with van der Waals surface area (Å²) in [7, 11) is -3.77. The molecule has 0 unspecified atom stereocenters. The molecule has 0 saturated carbocycles. The molecule has 0 fully saturated rings. The minimum absolute atomic E-state index is 0.0658. The number of rotatable bonds is 5. The SMILES string of the molecule is NNS(=O)(=O)c1ccc(OC(=O)/C=C\C(=O)O)cc1. The molecule has 102 valence electrons. The van der Waals surface area contributed by atoms with Gasteiger partial charge in [-0.15, -0.1) is 0 Å². The fourth-order valence-electron chi connectivity index (χ4n) is 1.04. The van der Waals surface area contributed by atoms with Crippen molar-refractivity contribution in [2.45, 2.75) is 4.90 Å². The van der Waals surface area contributed by atoms with Crippen LogP contribution in [0, 0.1) is 0 Å². The summed E-state index contributed by atoms with van der Waals surface area (Å²) in [6.07, 6.45) is 1.36. The highest BCUT2D eigenvalue weighted by atomic mass is 32.2. The molecule has 1 rings (SSSR count). The second-order valence-electron chi connectivity index (χ2n) is 3.19. The highest BCUT2D eigenvalue weighted by Crippen LogP contribution is 2.15. The number of carbonyl (C=O) groups excluding carboxylic acids is 1. The van der Waals surface area contributed by atoms with E-state index < -0.39 is 22.0 Å². The van der Waals surface area contributed by atoms with Gasteiger partial charge in [0, 0.05) is 12.2 Å². The molecule has 0 aliphatic rings. The number of carbonyl (C=O) groups is 2. The van der Waals surface area contributed by atoms with E-state index in [1.165, 1.54) is 24.3 Å². The van der Waals surface area contributed by atoms with Crippen LogP contribution in [-0.2, 0) is 19.6 Å². The van der Waals surface area contributed by atoms with E-state index in [0.29, 0.717) is 6.08 Å². The number of carboxylic acid groups (broad SMARTS) is 1. The van der Waals surface area contributed by atoms with Crippen LogP contribution < -0.4 is 15.4 Å². The zero-order chi connectivity index (χ0) is 14.5. The van der Waals surface area contributed by atoms with E-state index in [2.05, 4.69) is 0 Å². The summed E-state index contributed by atoms with van der Waals surface area (Å²) in [6.45, 7) is 0. The quantitative estimate of drug-likeness (QED) is 0.216. The first-order chi connectivity index (χ1) is 8.85. The number of esters is 1. The molecule has 8 nitrogen and oxygen atoms in total. The highest BCUT2D eigenvalue weighted by molar-refractivity contribution is 7.89. The molecule has 4 N–H and O–H groups in total. The summed E-state index contributed by atoms with van der Waals surface area (Å²) < 4.78 is 27.3. The van der Waals surface area contributed by atoms with Crippen molar-refractivity contribution < 1.29 is 27.9 Å². The Bertz CT molecular complexity index is 605. The summed E-state index contributed by atoms with van der Waals surface area (Å²) in [6, 6.07) is 4.82. The van der Waals surface area contributed by atoms with Gasteiger partial charge in [0.15, 0.2) is 0 Å². The van der Waals surface area contributed by atoms with Gasteiger partial charge in [-0.05, 0) is 24.3 Å². The van der Waals surface area contributed by atoms with Crippen LogP contribution >= 0.6 is 0 Å². The van der Waals surface area contributed by atoms with Gasteiger partial charge in [-0.3, -0.25) is 5.84 Å². The molecule has 9 heteroatoms. The summed E-state index contributed by atoms with van der Waals surface area (Å²) >= 11 is 0. The molecule has 0 aliphatic heterocycles. The molecule has 0 aromatic heterocycles. The Morgan fingerprint density at radius 3 is 2.26 bits per heavy atom. The molecule has 0 atom stereocenters. The molecule has 0 bridgehead atoms. The van der Waals surface area contributed by atoms with Crippen molar-refractivity contribution in [3.8, 4) is 5.75 Å². The molecule has 0 radical (unpaired) electrons. The molecule has 1 aromatic rings. The Balaban J connectivity index is 2.78. The van der Waals surface area contributed by atoms with Crippen LogP contribution in [0.15, 0.2) is 41.3 Å². The van der Waals surface area contributed by atoms with Crippen LogP contribution in [0.1, 0.15) is 0 Å². The Kier molecular flexibility index (Phi) is 4.75. The molecule has 1 aromatic carbocycles. The number of hydrogen-bond donors (Lipinski definition) is 3. The smallest absolute Gasteiger partial charge is 0.336 e. The highest BCUT2D eigenvalue weighted by Gasteiger charge is 2.11. The number of aliphatic carboxylic acids is 1. The number of hydrazine groups is 1. The summed E-state index contributed by atoms with van der Waals surface area (Å²) in [4.78, 5) is 22.8. The molecule has 0 saturated heterocycles. The first kappa shape index (κ1) is 14.8. The minimum atomic E-state index is -3.77. The maximum Gasteiger partial charge on any atom is 0.336 e. The van der Waals surface area contributed by atoms with Crippen molar-refractivity contribution in [3.63, 3.8) is 0 Å². The van der Waals surface area contributed by atoms with E-state index in [-0.39, 0.29) is 10.6 Å². The summed E-state index contributed by atoms with van der Waals surface area (Å²) in [5.74, 6) is 2.72. The predicted octanol–water partition coefficient (Wildman–Crippen LogP) is -0.615. The standard InChI is InChI=1S/C10H10N2O6S/c11-12-19(16,17)8-3-1-7(2-4-8)18-10(15)6-5-9(13)14/h1-6,12H,11H2,(H,13,14)/b6-5-. The fraction of sp³-hybridized carbons (Fsp3) is 0. The zero-order valence-corrected chi connectivity index (χ0v) is 10.3. The van der Waals surface area contributed by atoms with Crippen LogP contribution in [0.25, 0.3) is 0 Å². The predicted molar refractivity (Wildman–Crippen MR) is 63.4 cm³/mol. The molecule has 19 heavy (non-hydrogen) atoms. The lowest BCUT2D eigenvalue weighted by Gasteiger charge is -2.04. The first-order valence-electron chi connectivity index (χ1n) is 4.80. The van der Waals surface area contributed by atoms with E-state index in [1.54, 1.807) is 4.83 Å². The maximum atomic E-state index is 11.3. The van der Waals surface area contributed by atoms with Gasteiger partial charge in [-0.2, -0.15) is 4.83 Å². The Morgan fingerprint density at radius 2 is 1.79 bits per heavy atom. The van der Waals surface area contributed by atoms with Gasteiger partial charge in [0.2, 0.25) is 0 Å². The van der Waals surface area contributed by atoms with Crippen molar-refractivity contribution in [3.05, 3.63) is 36.4 Å². The van der Waals surface area contributed by atoms with Crippen LogP contribution in [-0.4, -0.2) is 25.5 Å². The summed E-state index contributed by atoms with van der Waals surface area (Å²) in [5, 5.41) is 8.30. The van der Waals surface area contributed by atoms with Gasteiger partial charge < -0.3 is 9.84 Å². The largest absolute Gasteiger partial charge is 0.478 e. The van der Waals surface area contributed by atoms with Gasteiger partial charge >= 0.3 is 11.9 Å². The molecule has 0 heterocycles. The third-order valence-corrected chi connectivity index (χ3v) is 3.07. The van der Waals surface area contributed by atoms with Crippen molar-refractivity contribution in [1.29, 1.82) is 0 Å². The molecule has 0 aliphatic carbocycles. The lowest BCUT2D eigenvalue weighted by Crippen LogP contribution is -2.30. The lowest BCUT2D eigenvalue weighted by molar-refractivity contribution is -0.133. The van der Waals surface area contributed by atoms with E-state index in [1.807, 2.05) is 0 Å². The van der Waals surface area contributed by atoms with Crippen molar-refractivity contribution in [2.24, 2.45) is 5.84 Å². The average molecular weight is 286 g/mol. The number of sulfonamides is 1. The topological polar surface area (TPSA) is 136 Å². The third kappa shape index (κ3) is 4.50. The second-order valence-corrected chi connectivity index (χ2v) is 4.90. The van der Waals surface area contributed by atoms with Crippen LogP contribution in [0.3, 0.4) is 0 Å². The van der Waals surface area contributed by atoms with Gasteiger partial charge in [0.25, 0.3) is 10.0 Å². The Morgan fingerprint density at radius 1 is 1.21 bits per heavy atom. The second kappa shape index (κ2) is 6.09. The molecular formula is C10H10N2O6S. The van der Waals surface area contributed by atoms with Gasteiger partial charge in [0.1, 0.15) is 5.75 Å². The van der Waals surface area contributed by atoms with Crippen molar-refractivity contribution in [1.82, 2.24) is 4.83 Å².